The third-order valence-corrected chi connectivity index (χ3v) is 5.50. The minimum Gasteiger partial charge on any atom is -0.320 e. The summed E-state index contributed by atoms with van der Waals surface area (Å²) in [6, 6.07) is 13.3. The predicted octanol–water partition coefficient (Wildman–Crippen LogP) is 4.63. The highest BCUT2D eigenvalue weighted by molar-refractivity contribution is 7.12. The van der Waals surface area contributed by atoms with Gasteiger partial charge in [0.05, 0.1) is 6.04 Å². The summed E-state index contributed by atoms with van der Waals surface area (Å²) in [4.78, 5) is 2.70. The van der Waals surface area contributed by atoms with Crippen LogP contribution in [0.3, 0.4) is 0 Å². The molecule has 1 saturated carbocycles. The van der Waals surface area contributed by atoms with Gasteiger partial charge < -0.3 is 5.73 Å². The van der Waals surface area contributed by atoms with Gasteiger partial charge >= 0.3 is 0 Å². The minimum atomic E-state index is 0.0327. The molecule has 1 aliphatic carbocycles. The molecule has 0 aliphatic heterocycles. The van der Waals surface area contributed by atoms with E-state index in [1.165, 1.54) is 40.1 Å². The molecule has 1 aromatic heterocycles. The predicted molar refractivity (Wildman–Crippen MR) is 82.8 cm³/mol. The van der Waals surface area contributed by atoms with Crippen LogP contribution in [0.1, 0.15) is 59.0 Å². The lowest BCUT2D eigenvalue weighted by molar-refractivity contribution is 0.419. The molecule has 1 aromatic carbocycles. The molecule has 1 heterocycles. The summed E-state index contributed by atoms with van der Waals surface area (Å²) in [5, 5.41) is 0. The first-order valence-corrected chi connectivity index (χ1v) is 8.03. The summed E-state index contributed by atoms with van der Waals surface area (Å²) in [7, 11) is 0. The first kappa shape index (κ1) is 12.9. The molecule has 1 aliphatic rings. The van der Waals surface area contributed by atoms with Crippen LogP contribution in [0.25, 0.3) is 0 Å². The molecule has 19 heavy (non-hydrogen) atoms. The fraction of sp³-hybridized carbons (Fsp3) is 0.412. The summed E-state index contributed by atoms with van der Waals surface area (Å²) in [5.74, 6) is 0.779. The highest BCUT2D eigenvalue weighted by Crippen LogP contribution is 2.37. The van der Waals surface area contributed by atoms with Gasteiger partial charge in [0.25, 0.3) is 0 Å². The molecular weight excluding hydrogens is 250 g/mol. The zero-order valence-corrected chi connectivity index (χ0v) is 12.2. The number of rotatable bonds is 4. The van der Waals surface area contributed by atoms with Crippen LogP contribution in [-0.4, -0.2) is 0 Å². The third kappa shape index (κ3) is 2.60. The summed E-state index contributed by atoms with van der Waals surface area (Å²) < 4.78 is 0. The standard InChI is InChI=1S/C17H21NS/c1-2-15-9-10-16(19-15)17(18)14-8-4-7-13(11-14)12-5-3-6-12/h4,7-12,17H,2-3,5-6,18H2,1H3. The van der Waals surface area contributed by atoms with E-state index in [1.54, 1.807) is 0 Å². The molecule has 0 spiro atoms. The Morgan fingerprint density at radius 2 is 2.11 bits per heavy atom. The second-order valence-electron chi connectivity index (χ2n) is 5.43. The molecule has 1 fully saturated rings. The van der Waals surface area contributed by atoms with Gasteiger partial charge in [0, 0.05) is 9.75 Å². The summed E-state index contributed by atoms with van der Waals surface area (Å²) in [6.07, 6.45) is 5.17. The lowest BCUT2D eigenvalue weighted by Gasteiger charge is -2.26. The van der Waals surface area contributed by atoms with Crippen LogP contribution in [0.15, 0.2) is 36.4 Å². The summed E-state index contributed by atoms with van der Waals surface area (Å²) in [6.45, 7) is 2.19. The highest BCUT2D eigenvalue weighted by atomic mass is 32.1. The molecule has 1 unspecified atom stereocenters. The van der Waals surface area contributed by atoms with Crippen LogP contribution in [-0.2, 0) is 6.42 Å². The average Bonchev–Trinajstić information content (AvgIpc) is 2.85. The van der Waals surface area contributed by atoms with Gasteiger partial charge in [-0.15, -0.1) is 11.3 Å². The lowest BCUT2D eigenvalue weighted by atomic mass is 9.79. The number of thiophene rings is 1. The average molecular weight is 271 g/mol. The van der Waals surface area contributed by atoms with Crippen molar-refractivity contribution in [3.8, 4) is 0 Å². The van der Waals surface area contributed by atoms with Crippen molar-refractivity contribution in [3.05, 3.63) is 57.3 Å². The van der Waals surface area contributed by atoms with Crippen LogP contribution in [0.2, 0.25) is 0 Å². The number of aryl methyl sites for hydroxylation is 1. The van der Waals surface area contributed by atoms with E-state index in [-0.39, 0.29) is 6.04 Å². The number of benzene rings is 1. The largest absolute Gasteiger partial charge is 0.320 e. The molecule has 1 atom stereocenters. The second-order valence-corrected chi connectivity index (χ2v) is 6.63. The summed E-state index contributed by atoms with van der Waals surface area (Å²) >= 11 is 1.84. The normalized spacial score (nSPS) is 17.2. The van der Waals surface area contributed by atoms with Crippen LogP contribution < -0.4 is 5.73 Å². The van der Waals surface area contributed by atoms with Crippen LogP contribution in [0, 0.1) is 0 Å². The van der Waals surface area contributed by atoms with Crippen molar-refractivity contribution in [1.82, 2.24) is 0 Å². The Bertz CT molecular complexity index is 554. The van der Waals surface area contributed by atoms with Gasteiger partial charge in [0.15, 0.2) is 0 Å². The highest BCUT2D eigenvalue weighted by Gasteiger charge is 2.20. The molecule has 0 bridgehead atoms. The van der Waals surface area contributed by atoms with Crippen molar-refractivity contribution in [3.63, 3.8) is 0 Å². The summed E-state index contributed by atoms with van der Waals surface area (Å²) in [5.41, 5.74) is 9.16. The van der Waals surface area contributed by atoms with Gasteiger partial charge in [-0.3, -0.25) is 0 Å². The van der Waals surface area contributed by atoms with Crippen molar-refractivity contribution in [2.24, 2.45) is 5.73 Å². The van der Waals surface area contributed by atoms with Gasteiger partial charge in [-0.1, -0.05) is 37.6 Å². The minimum absolute atomic E-state index is 0.0327. The van der Waals surface area contributed by atoms with Crippen molar-refractivity contribution < 1.29 is 0 Å². The number of hydrogen-bond acceptors (Lipinski definition) is 2. The topological polar surface area (TPSA) is 26.0 Å². The molecule has 0 radical (unpaired) electrons. The van der Waals surface area contributed by atoms with E-state index in [4.69, 9.17) is 5.73 Å². The number of hydrogen-bond donors (Lipinski definition) is 1. The molecule has 100 valence electrons. The molecule has 2 heteroatoms. The van der Waals surface area contributed by atoms with E-state index in [0.29, 0.717) is 0 Å². The van der Waals surface area contributed by atoms with Gasteiger partial charge in [0.1, 0.15) is 0 Å². The number of nitrogens with two attached hydrogens (primary N) is 1. The molecule has 2 N–H and O–H groups in total. The van der Waals surface area contributed by atoms with E-state index in [1.807, 2.05) is 11.3 Å². The molecule has 3 rings (SSSR count). The van der Waals surface area contributed by atoms with Gasteiger partial charge in [-0.05, 0) is 48.4 Å². The Kier molecular flexibility index (Phi) is 3.72. The van der Waals surface area contributed by atoms with Gasteiger partial charge in [-0.25, -0.2) is 0 Å². The fourth-order valence-corrected chi connectivity index (χ4v) is 3.65. The van der Waals surface area contributed by atoms with E-state index < -0.39 is 0 Å². The van der Waals surface area contributed by atoms with Crippen LogP contribution in [0.5, 0.6) is 0 Å². The Morgan fingerprint density at radius 1 is 1.26 bits per heavy atom. The van der Waals surface area contributed by atoms with E-state index in [0.717, 1.165) is 12.3 Å². The second kappa shape index (κ2) is 5.48. The Hall–Kier alpha value is -1.12. The maximum atomic E-state index is 6.42. The van der Waals surface area contributed by atoms with Gasteiger partial charge in [-0.2, -0.15) is 0 Å². The zero-order chi connectivity index (χ0) is 13.2. The van der Waals surface area contributed by atoms with E-state index in [2.05, 4.69) is 43.3 Å². The fourth-order valence-electron chi connectivity index (χ4n) is 2.66. The first-order valence-electron chi connectivity index (χ1n) is 7.22. The van der Waals surface area contributed by atoms with E-state index in [9.17, 15) is 0 Å². The zero-order valence-electron chi connectivity index (χ0n) is 11.4. The smallest absolute Gasteiger partial charge is 0.0646 e. The quantitative estimate of drug-likeness (QED) is 0.862. The van der Waals surface area contributed by atoms with E-state index >= 15 is 0 Å². The monoisotopic (exact) mass is 271 g/mol. The maximum absolute atomic E-state index is 6.42. The first-order chi connectivity index (χ1) is 9.28. The molecule has 0 saturated heterocycles. The Morgan fingerprint density at radius 3 is 2.74 bits per heavy atom. The van der Waals surface area contributed by atoms with Crippen molar-refractivity contribution in [2.75, 3.05) is 0 Å². The van der Waals surface area contributed by atoms with Crippen LogP contribution >= 0.6 is 11.3 Å². The van der Waals surface area contributed by atoms with Crippen molar-refractivity contribution >= 4 is 11.3 Å². The van der Waals surface area contributed by atoms with Crippen LogP contribution in [0.4, 0.5) is 0 Å². The molecule has 0 amide bonds. The molecule has 2 aromatic rings. The lowest BCUT2D eigenvalue weighted by Crippen LogP contribution is -2.13. The Labute approximate surface area is 119 Å². The van der Waals surface area contributed by atoms with Crippen molar-refractivity contribution in [2.45, 2.75) is 44.6 Å². The van der Waals surface area contributed by atoms with Crippen molar-refractivity contribution in [1.29, 1.82) is 0 Å². The molecular formula is C17H21NS. The molecule has 1 nitrogen and oxygen atoms in total. The SMILES string of the molecule is CCc1ccc(C(N)c2cccc(C3CCC3)c2)s1. The third-order valence-electron chi connectivity index (χ3n) is 4.18. The Balaban J connectivity index is 1.84. The maximum Gasteiger partial charge on any atom is 0.0646 e. The van der Waals surface area contributed by atoms with Gasteiger partial charge in [0.2, 0.25) is 0 Å².